The van der Waals surface area contributed by atoms with Gasteiger partial charge in [-0.15, -0.1) is 0 Å². The van der Waals surface area contributed by atoms with Gasteiger partial charge in [0, 0.05) is 54.9 Å². The highest BCUT2D eigenvalue weighted by Crippen LogP contribution is 2.19. The average Bonchev–Trinajstić information content (AvgIpc) is 3.69. The fourth-order valence-electron chi connectivity index (χ4n) is 4.79. The molecule has 0 aliphatic rings. The molecule has 0 saturated heterocycles. The van der Waals surface area contributed by atoms with Crippen molar-refractivity contribution in [1.29, 1.82) is 0 Å². The van der Waals surface area contributed by atoms with Gasteiger partial charge < -0.3 is 59.7 Å². The third-order valence-electron chi connectivity index (χ3n) is 7.21. The van der Waals surface area contributed by atoms with Crippen molar-refractivity contribution in [2.24, 2.45) is 38.7 Å². The van der Waals surface area contributed by atoms with E-state index < -0.39 is 47.9 Å². The van der Waals surface area contributed by atoms with Crippen molar-refractivity contribution in [1.82, 2.24) is 30.9 Å². The molecule has 18 heteroatoms. The molecular weight excluding hydrogens is 610 g/mol. The van der Waals surface area contributed by atoms with Crippen LogP contribution in [0.25, 0.3) is 10.9 Å². The number of H-pyrrole nitrogens is 2. The SMILES string of the molecule is NC(N)=NCCCC(N)C(=O)NC(Cc1c[nH]c2ccccc12)C(=O)NC(CCCN=C(N)N)C(=O)NC(Cc1cnc[nH]1)C(=O)O. The zero-order valence-electron chi connectivity index (χ0n) is 25.8. The number of rotatable bonds is 19. The Labute approximate surface area is 270 Å². The van der Waals surface area contributed by atoms with Crippen LogP contribution in [0.1, 0.15) is 36.9 Å². The molecule has 4 unspecified atom stereocenters. The summed E-state index contributed by atoms with van der Waals surface area (Å²) in [5.41, 5.74) is 29.7. The van der Waals surface area contributed by atoms with E-state index in [4.69, 9.17) is 28.7 Å². The maximum atomic E-state index is 13.8. The summed E-state index contributed by atoms with van der Waals surface area (Å²) in [6.07, 6.45) is 5.55. The van der Waals surface area contributed by atoms with Gasteiger partial charge in [0.05, 0.1) is 12.4 Å². The summed E-state index contributed by atoms with van der Waals surface area (Å²) in [6.45, 7) is 0.430. The monoisotopic (exact) mass is 653 g/mol. The molecule has 16 N–H and O–H groups in total. The summed E-state index contributed by atoms with van der Waals surface area (Å²) in [4.78, 5) is 70.0. The summed E-state index contributed by atoms with van der Waals surface area (Å²) in [5.74, 6) is -3.52. The number of carbonyl (C=O) groups excluding carboxylic acids is 3. The number of amides is 3. The van der Waals surface area contributed by atoms with Crippen molar-refractivity contribution in [3.05, 3.63) is 54.2 Å². The van der Waals surface area contributed by atoms with Crippen LogP contribution in [0.3, 0.4) is 0 Å². The van der Waals surface area contributed by atoms with Gasteiger partial charge in [0.25, 0.3) is 0 Å². The number of imidazole rings is 1. The van der Waals surface area contributed by atoms with E-state index in [9.17, 15) is 24.3 Å². The summed E-state index contributed by atoms with van der Waals surface area (Å²) >= 11 is 0. The first kappa shape index (κ1) is 35.8. The number of carbonyl (C=O) groups is 4. The number of aliphatic imine (C=N–C) groups is 2. The molecule has 0 bridgehead atoms. The zero-order valence-corrected chi connectivity index (χ0v) is 25.8. The lowest BCUT2D eigenvalue weighted by Crippen LogP contribution is -2.57. The number of carboxylic acid groups (broad SMARTS) is 1. The lowest BCUT2D eigenvalue weighted by atomic mass is 10.0. The maximum Gasteiger partial charge on any atom is 0.326 e. The Bertz CT molecular complexity index is 1540. The summed E-state index contributed by atoms with van der Waals surface area (Å²) in [5, 5.41) is 18.5. The topological polar surface area (TPSA) is 324 Å². The van der Waals surface area contributed by atoms with Crippen LogP contribution >= 0.6 is 0 Å². The first-order chi connectivity index (χ1) is 22.4. The van der Waals surface area contributed by atoms with Gasteiger partial charge in [-0.25, -0.2) is 9.78 Å². The van der Waals surface area contributed by atoms with Crippen LogP contribution in [0.5, 0.6) is 0 Å². The second-order valence-electron chi connectivity index (χ2n) is 10.9. The number of benzene rings is 1. The number of nitrogens with two attached hydrogens (primary N) is 5. The predicted octanol–water partition coefficient (Wildman–Crippen LogP) is -2.35. The van der Waals surface area contributed by atoms with Crippen molar-refractivity contribution in [3.8, 4) is 0 Å². The molecule has 2 heterocycles. The van der Waals surface area contributed by atoms with E-state index in [0.29, 0.717) is 12.1 Å². The second kappa shape index (κ2) is 17.7. The molecular formula is C29H43N13O5. The quantitative estimate of drug-likeness (QED) is 0.0369. The Morgan fingerprint density at radius 3 is 2.06 bits per heavy atom. The van der Waals surface area contributed by atoms with Crippen molar-refractivity contribution < 1.29 is 24.3 Å². The van der Waals surface area contributed by atoms with Crippen LogP contribution in [-0.2, 0) is 32.0 Å². The molecule has 254 valence electrons. The number of nitrogens with zero attached hydrogens (tertiary/aromatic N) is 3. The Morgan fingerprint density at radius 1 is 0.809 bits per heavy atom. The van der Waals surface area contributed by atoms with Gasteiger partial charge >= 0.3 is 5.97 Å². The molecule has 0 spiro atoms. The minimum absolute atomic E-state index is 0.0578. The van der Waals surface area contributed by atoms with E-state index in [0.717, 1.165) is 16.5 Å². The smallest absolute Gasteiger partial charge is 0.326 e. The van der Waals surface area contributed by atoms with Gasteiger partial charge in [-0.05, 0) is 37.3 Å². The minimum Gasteiger partial charge on any atom is -0.480 e. The van der Waals surface area contributed by atoms with E-state index in [1.807, 2.05) is 24.3 Å². The van der Waals surface area contributed by atoms with Crippen molar-refractivity contribution in [2.45, 2.75) is 62.7 Å². The molecule has 3 rings (SSSR count). The third-order valence-corrected chi connectivity index (χ3v) is 7.21. The largest absolute Gasteiger partial charge is 0.480 e. The van der Waals surface area contributed by atoms with Crippen LogP contribution in [0.4, 0.5) is 0 Å². The highest BCUT2D eigenvalue weighted by molar-refractivity contribution is 5.95. The molecule has 3 amide bonds. The van der Waals surface area contributed by atoms with Crippen molar-refractivity contribution in [3.63, 3.8) is 0 Å². The molecule has 47 heavy (non-hydrogen) atoms. The van der Waals surface area contributed by atoms with E-state index >= 15 is 0 Å². The number of hydrogen-bond acceptors (Lipinski definition) is 8. The summed E-state index contributed by atoms with van der Waals surface area (Å²) in [6, 6.07) is 2.81. The van der Waals surface area contributed by atoms with Crippen LogP contribution in [0.2, 0.25) is 0 Å². The number of aromatic nitrogens is 3. The van der Waals surface area contributed by atoms with Gasteiger partial charge in [-0.1, -0.05) is 18.2 Å². The highest BCUT2D eigenvalue weighted by atomic mass is 16.4. The number of carboxylic acids is 1. The number of aromatic amines is 2. The molecule has 0 fully saturated rings. The van der Waals surface area contributed by atoms with E-state index in [1.165, 1.54) is 12.5 Å². The Balaban J connectivity index is 1.82. The second-order valence-corrected chi connectivity index (χ2v) is 10.9. The summed E-state index contributed by atoms with van der Waals surface area (Å²) < 4.78 is 0. The number of aliphatic carboxylic acids is 1. The lowest BCUT2D eigenvalue weighted by Gasteiger charge is -2.25. The first-order valence-corrected chi connectivity index (χ1v) is 15.0. The maximum absolute atomic E-state index is 13.8. The number of hydrogen-bond donors (Lipinski definition) is 11. The standard InChI is InChI=1S/C29H43N13O5/c30-19(6-3-9-36-28(31)32)24(43)41-22(11-16-13-38-20-7-2-1-5-18(16)20)26(45)40-21(8-4-10-37-29(33)34)25(44)42-23(27(46)47)12-17-14-35-15-39-17/h1-2,5,7,13-15,19,21-23,38H,3-4,6,8-12,30H2,(H,35,39)(H,40,45)(H,41,43)(H,42,44)(H,46,47)(H4,31,32,36)(H4,33,34,37). The van der Waals surface area contributed by atoms with Crippen molar-refractivity contribution >= 4 is 46.5 Å². The Hall–Kier alpha value is -5.65. The Kier molecular flexibility index (Phi) is 13.5. The van der Waals surface area contributed by atoms with E-state index in [2.05, 4.69) is 40.9 Å². The normalized spacial score (nSPS) is 13.5. The molecule has 18 nitrogen and oxygen atoms in total. The molecule has 1 aromatic carbocycles. The molecule has 0 aliphatic carbocycles. The number of para-hydroxylation sites is 1. The van der Waals surface area contributed by atoms with E-state index in [1.54, 1.807) is 6.20 Å². The molecule has 4 atom stereocenters. The van der Waals surface area contributed by atoms with Gasteiger partial charge in [-0.3, -0.25) is 24.4 Å². The molecule has 3 aromatic rings. The van der Waals surface area contributed by atoms with Crippen LogP contribution < -0.4 is 44.6 Å². The fourth-order valence-corrected chi connectivity index (χ4v) is 4.79. The molecule has 0 aliphatic heterocycles. The van der Waals surface area contributed by atoms with Crippen LogP contribution in [-0.4, -0.2) is 92.9 Å². The van der Waals surface area contributed by atoms with Gasteiger partial charge in [-0.2, -0.15) is 0 Å². The average molecular weight is 654 g/mol. The lowest BCUT2D eigenvalue weighted by molar-refractivity contribution is -0.142. The highest BCUT2D eigenvalue weighted by Gasteiger charge is 2.31. The minimum atomic E-state index is -1.32. The van der Waals surface area contributed by atoms with E-state index in [-0.39, 0.29) is 57.1 Å². The fraction of sp³-hybridized carbons (Fsp3) is 0.414. The van der Waals surface area contributed by atoms with Crippen molar-refractivity contribution in [2.75, 3.05) is 13.1 Å². The van der Waals surface area contributed by atoms with Gasteiger partial charge in [0.15, 0.2) is 11.9 Å². The summed E-state index contributed by atoms with van der Waals surface area (Å²) in [7, 11) is 0. The number of nitrogens with one attached hydrogen (secondary N) is 5. The number of fused-ring (bicyclic) bond motifs is 1. The third kappa shape index (κ3) is 11.7. The van der Waals surface area contributed by atoms with Crippen LogP contribution in [0.15, 0.2) is 53.0 Å². The van der Waals surface area contributed by atoms with Crippen LogP contribution in [0, 0.1) is 0 Å². The molecule has 0 saturated carbocycles. The first-order valence-electron chi connectivity index (χ1n) is 15.0. The van der Waals surface area contributed by atoms with Gasteiger partial charge in [0.2, 0.25) is 17.7 Å². The molecule has 0 radical (unpaired) electrons. The van der Waals surface area contributed by atoms with Gasteiger partial charge in [0.1, 0.15) is 18.1 Å². The Morgan fingerprint density at radius 2 is 1.43 bits per heavy atom. The molecule has 2 aromatic heterocycles. The predicted molar refractivity (Wildman–Crippen MR) is 176 cm³/mol. The number of guanidine groups is 2. The zero-order chi connectivity index (χ0) is 34.3.